The summed E-state index contributed by atoms with van der Waals surface area (Å²) in [5.41, 5.74) is 0.796. The molecule has 6 nitrogen and oxygen atoms in total. The van der Waals surface area contributed by atoms with Crippen molar-refractivity contribution in [2.45, 2.75) is 25.9 Å². The van der Waals surface area contributed by atoms with E-state index in [1.807, 2.05) is 0 Å². The molecule has 0 spiro atoms. The Kier molecular flexibility index (Phi) is 5.12. The highest BCUT2D eigenvalue weighted by Gasteiger charge is 2.30. The fraction of sp³-hybridized carbons (Fsp3) is 0.200. The zero-order valence-electron chi connectivity index (χ0n) is 14.5. The van der Waals surface area contributed by atoms with Crippen LogP contribution < -0.4 is 4.90 Å². The van der Waals surface area contributed by atoms with Crippen LogP contribution in [0.25, 0.3) is 0 Å². The van der Waals surface area contributed by atoms with E-state index in [4.69, 9.17) is 4.74 Å². The first kappa shape index (κ1) is 18.4. The van der Waals surface area contributed by atoms with Gasteiger partial charge in [-0.05, 0) is 55.5 Å². The van der Waals surface area contributed by atoms with Gasteiger partial charge in [0.25, 0.3) is 0 Å². The van der Waals surface area contributed by atoms with Crippen molar-refractivity contribution >= 4 is 29.3 Å². The predicted octanol–water partition coefficient (Wildman–Crippen LogP) is 2.91. The zero-order valence-corrected chi connectivity index (χ0v) is 14.5. The van der Waals surface area contributed by atoms with Crippen molar-refractivity contribution in [3.05, 3.63) is 65.5 Å². The summed E-state index contributed by atoms with van der Waals surface area (Å²) in [6.45, 7) is 1.43. The molecule has 1 heterocycles. The number of hydrogen-bond acceptors (Lipinski definition) is 5. The normalized spacial score (nSPS) is 15.0. The number of rotatable bonds is 5. The number of halogens is 1. The number of carbonyl (C=O) groups is 4. The molecule has 7 heteroatoms. The van der Waals surface area contributed by atoms with E-state index in [9.17, 15) is 23.6 Å². The van der Waals surface area contributed by atoms with Crippen molar-refractivity contribution in [3.63, 3.8) is 0 Å². The summed E-state index contributed by atoms with van der Waals surface area (Å²) in [4.78, 5) is 49.0. The highest BCUT2D eigenvalue weighted by atomic mass is 19.1. The number of nitrogens with zero attached hydrogens (tertiary/aromatic N) is 1. The molecule has 0 N–H and O–H groups in total. The minimum atomic E-state index is -1.05. The molecular weight excluding hydrogens is 353 g/mol. The lowest BCUT2D eigenvalue weighted by atomic mass is 10.1. The van der Waals surface area contributed by atoms with E-state index in [2.05, 4.69) is 0 Å². The predicted molar refractivity (Wildman–Crippen MR) is 93.8 cm³/mol. The van der Waals surface area contributed by atoms with Crippen molar-refractivity contribution in [2.24, 2.45) is 0 Å². The molecule has 138 valence electrons. The topological polar surface area (TPSA) is 80.8 Å². The number of imide groups is 1. The van der Waals surface area contributed by atoms with Gasteiger partial charge >= 0.3 is 5.97 Å². The molecule has 0 radical (unpaired) electrons. The molecule has 2 aromatic carbocycles. The Bertz CT molecular complexity index is 889. The molecule has 0 aliphatic carbocycles. The summed E-state index contributed by atoms with van der Waals surface area (Å²) in [5, 5.41) is 0. The number of ketones is 1. The van der Waals surface area contributed by atoms with Gasteiger partial charge in [0.1, 0.15) is 5.82 Å². The SMILES string of the molecule is C[C@@H](OC(=O)c1ccc(N2C(=O)CCC2=O)cc1)C(=O)c1ccc(F)cc1. The number of benzene rings is 2. The molecule has 1 aliphatic rings. The quantitative estimate of drug-likeness (QED) is 0.460. The van der Waals surface area contributed by atoms with Crippen LogP contribution in [-0.4, -0.2) is 29.7 Å². The lowest BCUT2D eigenvalue weighted by Gasteiger charge is -2.15. The third-order valence-corrected chi connectivity index (χ3v) is 4.19. The molecule has 1 aliphatic heterocycles. The van der Waals surface area contributed by atoms with Gasteiger partial charge in [0, 0.05) is 18.4 Å². The summed E-state index contributed by atoms with van der Waals surface area (Å²) in [5.74, 6) is -2.20. The second-order valence-electron chi connectivity index (χ2n) is 6.09. The van der Waals surface area contributed by atoms with Gasteiger partial charge in [-0.3, -0.25) is 19.3 Å². The lowest BCUT2D eigenvalue weighted by Crippen LogP contribution is -2.28. The first-order chi connectivity index (χ1) is 12.9. The lowest BCUT2D eigenvalue weighted by molar-refractivity contribution is -0.121. The van der Waals surface area contributed by atoms with E-state index in [1.54, 1.807) is 0 Å². The van der Waals surface area contributed by atoms with Crippen molar-refractivity contribution in [1.29, 1.82) is 0 Å². The molecule has 1 atom stereocenters. The molecule has 1 saturated heterocycles. The minimum Gasteiger partial charge on any atom is -0.451 e. The fourth-order valence-corrected chi connectivity index (χ4v) is 2.74. The van der Waals surface area contributed by atoms with Crippen LogP contribution in [0.3, 0.4) is 0 Å². The summed E-state index contributed by atoms with van der Waals surface area (Å²) in [6.07, 6.45) is -0.707. The molecule has 0 bridgehead atoms. The van der Waals surface area contributed by atoms with Crippen LogP contribution in [0.1, 0.15) is 40.5 Å². The second kappa shape index (κ2) is 7.49. The van der Waals surface area contributed by atoms with Gasteiger partial charge in [0.15, 0.2) is 6.10 Å². The Labute approximate surface area is 154 Å². The summed E-state index contributed by atoms with van der Waals surface area (Å²) < 4.78 is 18.1. The van der Waals surface area contributed by atoms with Crippen LogP contribution in [0.2, 0.25) is 0 Å². The van der Waals surface area contributed by atoms with E-state index < -0.39 is 23.7 Å². The zero-order chi connectivity index (χ0) is 19.6. The third-order valence-electron chi connectivity index (χ3n) is 4.19. The number of ether oxygens (including phenoxy) is 1. The van der Waals surface area contributed by atoms with Crippen LogP contribution in [0.5, 0.6) is 0 Å². The van der Waals surface area contributed by atoms with Gasteiger partial charge in [-0.2, -0.15) is 0 Å². The number of esters is 1. The second-order valence-corrected chi connectivity index (χ2v) is 6.09. The van der Waals surface area contributed by atoms with E-state index in [0.29, 0.717) is 5.69 Å². The summed E-state index contributed by atoms with van der Waals surface area (Å²) >= 11 is 0. The molecule has 1 fully saturated rings. The van der Waals surface area contributed by atoms with Gasteiger partial charge in [-0.25, -0.2) is 9.18 Å². The fourth-order valence-electron chi connectivity index (χ4n) is 2.74. The first-order valence-corrected chi connectivity index (χ1v) is 8.33. The monoisotopic (exact) mass is 369 g/mol. The first-order valence-electron chi connectivity index (χ1n) is 8.33. The Hall–Kier alpha value is -3.35. The van der Waals surface area contributed by atoms with Crippen molar-refractivity contribution < 1.29 is 28.3 Å². The van der Waals surface area contributed by atoms with Gasteiger partial charge in [0.05, 0.1) is 11.3 Å². The van der Waals surface area contributed by atoms with E-state index in [0.717, 1.165) is 17.0 Å². The maximum Gasteiger partial charge on any atom is 0.338 e. The molecule has 3 rings (SSSR count). The summed E-state index contributed by atoms with van der Waals surface area (Å²) in [6, 6.07) is 10.7. The van der Waals surface area contributed by atoms with Gasteiger partial charge in [-0.1, -0.05) is 0 Å². The highest BCUT2D eigenvalue weighted by molar-refractivity contribution is 6.19. The molecule has 0 aromatic heterocycles. The average molecular weight is 369 g/mol. The number of carbonyl (C=O) groups excluding carboxylic acids is 4. The molecule has 2 aromatic rings. The van der Waals surface area contributed by atoms with Crippen LogP contribution in [0, 0.1) is 5.82 Å². The molecule has 2 amide bonds. The molecule has 0 saturated carbocycles. The number of anilines is 1. The maximum atomic E-state index is 12.9. The Morgan fingerprint density at radius 3 is 2.00 bits per heavy atom. The number of Topliss-reactive ketones (excluding diaryl/α,β-unsaturated/α-hetero) is 1. The number of amides is 2. The maximum absolute atomic E-state index is 12.9. The van der Waals surface area contributed by atoms with E-state index >= 15 is 0 Å². The molecule has 0 unspecified atom stereocenters. The largest absolute Gasteiger partial charge is 0.451 e. The van der Waals surface area contributed by atoms with Gasteiger partial charge < -0.3 is 4.74 Å². The van der Waals surface area contributed by atoms with Crippen molar-refractivity contribution in [1.82, 2.24) is 0 Å². The minimum absolute atomic E-state index is 0.172. The van der Waals surface area contributed by atoms with Crippen LogP contribution >= 0.6 is 0 Å². The van der Waals surface area contributed by atoms with Crippen molar-refractivity contribution in [2.75, 3.05) is 4.90 Å². The standard InChI is InChI=1S/C20H16FNO5/c1-12(19(25)13-2-6-15(21)7-3-13)27-20(26)14-4-8-16(9-5-14)22-17(23)10-11-18(22)24/h2-9,12H,10-11H2,1H3/t12-/m1/s1. The average Bonchev–Trinajstić information content (AvgIpc) is 3.00. The van der Waals surface area contributed by atoms with Crippen LogP contribution in [0.4, 0.5) is 10.1 Å². The third kappa shape index (κ3) is 3.92. The molecular formula is C20H16FNO5. The Balaban J connectivity index is 1.67. The van der Waals surface area contributed by atoms with Crippen LogP contribution in [-0.2, 0) is 14.3 Å². The van der Waals surface area contributed by atoms with Gasteiger partial charge in [-0.15, -0.1) is 0 Å². The van der Waals surface area contributed by atoms with Crippen molar-refractivity contribution in [3.8, 4) is 0 Å². The summed E-state index contributed by atoms with van der Waals surface area (Å²) in [7, 11) is 0. The van der Waals surface area contributed by atoms with Crippen LogP contribution in [0.15, 0.2) is 48.5 Å². The highest BCUT2D eigenvalue weighted by Crippen LogP contribution is 2.23. The molecule has 27 heavy (non-hydrogen) atoms. The van der Waals surface area contributed by atoms with E-state index in [1.165, 1.54) is 43.3 Å². The Morgan fingerprint density at radius 2 is 1.44 bits per heavy atom. The van der Waals surface area contributed by atoms with E-state index in [-0.39, 0.29) is 35.8 Å². The smallest absolute Gasteiger partial charge is 0.338 e. The van der Waals surface area contributed by atoms with Gasteiger partial charge in [0.2, 0.25) is 17.6 Å². The Morgan fingerprint density at radius 1 is 0.926 bits per heavy atom. The number of hydrogen-bond donors (Lipinski definition) is 0.